The first kappa shape index (κ1) is 20.4. The van der Waals surface area contributed by atoms with Crippen LogP contribution in [0, 0.1) is 0 Å². The molecular formula is C20H30N2O4. The van der Waals surface area contributed by atoms with Crippen LogP contribution in [0.2, 0.25) is 0 Å². The third-order valence-electron chi connectivity index (χ3n) is 5.25. The van der Waals surface area contributed by atoms with Gasteiger partial charge in [0.1, 0.15) is 0 Å². The number of carbonyl (C=O) groups excluding carboxylic acids is 2. The van der Waals surface area contributed by atoms with Crippen molar-refractivity contribution in [2.75, 3.05) is 52.4 Å². The lowest BCUT2D eigenvalue weighted by atomic mass is 9.85. The molecule has 1 aliphatic rings. The van der Waals surface area contributed by atoms with Crippen molar-refractivity contribution in [3.63, 3.8) is 0 Å². The smallest absolute Gasteiger partial charge is 0.305 e. The van der Waals surface area contributed by atoms with Gasteiger partial charge in [-0.1, -0.05) is 0 Å². The molecule has 1 unspecified atom stereocenters. The molecular weight excluding hydrogens is 332 g/mol. The molecule has 1 heterocycles. The largest absolute Gasteiger partial charge is 0.469 e. The van der Waals surface area contributed by atoms with E-state index in [1.54, 1.807) is 0 Å². The Balaban J connectivity index is 2.08. The highest BCUT2D eigenvalue weighted by molar-refractivity contribution is 6.03. The molecule has 1 atom stereocenters. The fourth-order valence-electron chi connectivity index (χ4n) is 3.18. The van der Waals surface area contributed by atoms with Crippen molar-refractivity contribution in [3.05, 3.63) is 29.8 Å². The van der Waals surface area contributed by atoms with Gasteiger partial charge in [-0.05, 0) is 58.1 Å². The van der Waals surface area contributed by atoms with E-state index in [9.17, 15) is 9.59 Å². The summed E-state index contributed by atoms with van der Waals surface area (Å²) < 4.78 is 10.1. The predicted molar refractivity (Wildman–Crippen MR) is 102 cm³/mol. The summed E-state index contributed by atoms with van der Waals surface area (Å²) in [6.45, 7) is 5.15. The summed E-state index contributed by atoms with van der Waals surface area (Å²) in [5.41, 5.74) is 1.15. The molecule has 0 saturated carbocycles. The van der Waals surface area contributed by atoms with Crippen molar-refractivity contribution in [1.82, 2.24) is 4.90 Å². The van der Waals surface area contributed by atoms with Crippen LogP contribution in [-0.2, 0) is 14.3 Å². The molecule has 26 heavy (non-hydrogen) atoms. The fraction of sp³-hybridized carbons (Fsp3) is 0.600. The summed E-state index contributed by atoms with van der Waals surface area (Å²) in [4.78, 5) is 28.7. The number of rotatable bonds is 8. The highest BCUT2D eigenvalue weighted by Crippen LogP contribution is 2.26. The minimum absolute atomic E-state index is 0.0703. The maximum absolute atomic E-state index is 13.1. The highest BCUT2D eigenvalue weighted by atomic mass is 16.5. The van der Waals surface area contributed by atoms with Gasteiger partial charge < -0.3 is 14.4 Å². The third-order valence-corrected chi connectivity index (χ3v) is 5.25. The summed E-state index contributed by atoms with van der Waals surface area (Å²) in [6.07, 6.45) is 1.53. The first-order chi connectivity index (χ1) is 12.4. The van der Waals surface area contributed by atoms with Crippen LogP contribution >= 0.6 is 0 Å². The van der Waals surface area contributed by atoms with Crippen LogP contribution in [0.4, 0.5) is 5.69 Å². The van der Waals surface area contributed by atoms with Crippen LogP contribution in [0.1, 0.15) is 36.5 Å². The van der Waals surface area contributed by atoms with Crippen molar-refractivity contribution >= 4 is 17.4 Å². The minimum atomic E-state index is -0.658. The zero-order chi connectivity index (χ0) is 19.2. The van der Waals surface area contributed by atoms with Crippen molar-refractivity contribution in [2.45, 2.75) is 31.7 Å². The molecule has 1 aromatic carbocycles. The van der Waals surface area contributed by atoms with Crippen LogP contribution in [-0.4, -0.2) is 69.7 Å². The topological polar surface area (TPSA) is 59.1 Å². The van der Waals surface area contributed by atoms with E-state index in [1.165, 1.54) is 7.11 Å². The molecule has 0 amide bonds. The Labute approximate surface area is 156 Å². The second-order valence-corrected chi connectivity index (χ2v) is 7.07. The first-order valence-electron chi connectivity index (χ1n) is 9.10. The highest BCUT2D eigenvalue weighted by Gasteiger charge is 2.35. The van der Waals surface area contributed by atoms with E-state index in [1.807, 2.05) is 50.2 Å². The maximum Gasteiger partial charge on any atom is 0.305 e. The molecule has 0 radical (unpaired) electrons. The van der Waals surface area contributed by atoms with Gasteiger partial charge in [-0.25, -0.2) is 0 Å². The monoisotopic (exact) mass is 362 g/mol. The summed E-state index contributed by atoms with van der Waals surface area (Å²) >= 11 is 0. The molecule has 1 aliphatic heterocycles. The normalized spacial score (nSPS) is 17.0. The average molecular weight is 362 g/mol. The number of Topliss-reactive ketones (excluding diaryl/α,β-unsaturated/α-hetero) is 1. The van der Waals surface area contributed by atoms with Crippen LogP contribution in [0.25, 0.3) is 0 Å². The molecule has 6 nitrogen and oxygen atoms in total. The van der Waals surface area contributed by atoms with Gasteiger partial charge in [0.2, 0.25) is 0 Å². The summed E-state index contributed by atoms with van der Waals surface area (Å²) in [7, 11) is 5.19. The van der Waals surface area contributed by atoms with Crippen molar-refractivity contribution in [2.24, 2.45) is 0 Å². The average Bonchev–Trinajstić information content (AvgIpc) is 2.67. The van der Waals surface area contributed by atoms with Gasteiger partial charge in [0.25, 0.3) is 0 Å². The number of anilines is 1. The summed E-state index contributed by atoms with van der Waals surface area (Å²) in [5, 5.41) is 0. The number of methoxy groups -OCH3 is 1. The number of nitrogens with zero attached hydrogens (tertiary/aromatic N) is 2. The van der Waals surface area contributed by atoms with Gasteiger partial charge in [0.15, 0.2) is 5.78 Å². The molecule has 0 bridgehead atoms. The number of benzene rings is 1. The third kappa shape index (κ3) is 4.83. The molecule has 0 aliphatic carbocycles. The number of ketones is 1. The Hall–Kier alpha value is -1.92. The van der Waals surface area contributed by atoms with Crippen molar-refractivity contribution in [1.29, 1.82) is 0 Å². The fourth-order valence-corrected chi connectivity index (χ4v) is 3.18. The van der Waals surface area contributed by atoms with Crippen LogP contribution in [0.15, 0.2) is 24.3 Å². The Morgan fingerprint density at radius 3 is 2.35 bits per heavy atom. The molecule has 0 spiro atoms. The van der Waals surface area contributed by atoms with Crippen LogP contribution < -0.4 is 4.90 Å². The molecule has 1 saturated heterocycles. The van der Waals surface area contributed by atoms with Gasteiger partial charge in [-0.3, -0.25) is 14.5 Å². The van der Waals surface area contributed by atoms with Gasteiger partial charge in [0.05, 0.1) is 25.9 Å². The molecule has 1 fully saturated rings. The van der Waals surface area contributed by atoms with Gasteiger partial charge >= 0.3 is 5.97 Å². The van der Waals surface area contributed by atoms with E-state index in [0.29, 0.717) is 24.8 Å². The second kappa shape index (κ2) is 9.14. The molecule has 1 aromatic rings. The van der Waals surface area contributed by atoms with Crippen molar-refractivity contribution < 1.29 is 19.1 Å². The zero-order valence-electron chi connectivity index (χ0n) is 16.3. The Morgan fingerprint density at radius 2 is 1.81 bits per heavy atom. The van der Waals surface area contributed by atoms with E-state index >= 15 is 0 Å². The van der Waals surface area contributed by atoms with Gasteiger partial charge in [-0.15, -0.1) is 0 Å². The van der Waals surface area contributed by atoms with Gasteiger partial charge in [0, 0.05) is 30.8 Å². The standard InChI is InChI=1S/C20H30N2O4/c1-20(21(2)3,11-5-6-18(23)25-4)19(24)16-7-9-17(10-8-16)22-12-14-26-15-13-22/h7-10H,5-6,11-15H2,1-4H3. The first-order valence-corrected chi connectivity index (χ1v) is 9.10. The number of hydrogen-bond acceptors (Lipinski definition) is 6. The zero-order valence-corrected chi connectivity index (χ0v) is 16.3. The number of likely N-dealkylation sites (N-methyl/N-ethyl adjacent to an activating group) is 1. The molecule has 6 heteroatoms. The van der Waals surface area contributed by atoms with E-state index in [-0.39, 0.29) is 11.8 Å². The molecule has 144 valence electrons. The number of morpholine rings is 1. The summed E-state index contributed by atoms with van der Waals surface area (Å²) in [5.74, 6) is -0.172. The Kier molecular flexibility index (Phi) is 7.17. The van der Waals surface area contributed by atoms with E-state index < -0.39 is 5.54 Å². The minimum Gasteiger partial charge on any atom is -0.469 e. The number of esters is 1. The van der Waals surface area contributed by atoms with Crippen molar-refractivity contribution in [3.8, 4) is 0 Å². The van der Waals surface area contributed by atoms with E-state index in [0.717, 1.165) is 32.0 Å². The number of carbonyl (C=O) groups is 2. The van der Waals surface area contributed by atoms with E-state index in [2.05, 4.69) is 4.90 Å². The van der Waals surface area contributed by atoms with Crippen LogP contribution in [0.5, 0.6) is 0 Å². The lowest BCUT2D eigenvalue weighted by Gasteiger charge is -2.35. The lowest BCUT2D eigenvalue weighted by Crippen LogP contribution is -2.48. The maximum atomic E-state index is 13.1. The number of ether oxygens (including phenoxy) is 2. The van der Waals surface area contributed by atoms with Gasteiger partial charge in [-0.2, -0.15) is 0 Å². The lowest BCUT2D eigenvalue weighted by molar-refractivity contribution is -0.140. The quantitative estimate of drug-likeness (QED) is 0.523. The predicted octanol–water partition coefficient (Wildman–Crippen LogP) is 2.37. The summed E-state index contributed by atoms with van der Waals surface area (Å²) in [6, 6.07) is 7.80. The molecule has 0 N–H and O–H groups in total. The Morgan fingerprint density at radius 1 is 1.19 bits per heavy atom. The second-order valence-electron chi connectivity index (χ2n) is 7.07. The van der Waals surface area contributed by atoms with Crippen LogP contribution in [0.3, 0.4) is 0 Å². The molecule has 2 rings (SSSR count). The molecule has 0 aromatic heterocycles. The number of hydrogen-bond donors (Lipinski definition) is 0. The Bertz CT molecular complexity index is 609. The SMILES string of the molecule is COC(=O)CCCC(C)(C(=O)c1ccc(N2CCOCC2)cc1)N(C)C. The van der Waals surface area contributed by atoms with E-state index in [4.69, 9.17) is 9.47 Å².